The molecule has 0 spiro atoms. The third-order valence-corrected chi connectivity index (χ3v) is 6.32. The van der Waals surface area contributed by atoms with E-state index >= 15 is 0 Å². The van der Waals surface area contributed by atoms with E-state index in [1.807, 2.05) is 37.5 Å². The van der Waals surface area contributed by atoms with Crippen molar-refractivity contribution in [1.29, 1.82) is 5.26 Å². The SMILES string of the molecule is CN(CCN1CCOCC1)c1ccc(-c2c(-c3ccc(C#N)cc3)nc3cnc(C(N)=O)cn23)cn1. The first-order valence-electron chi connectivity index (χ1n) is 11.7. The minimum atomic E-state index is -0.619. The Hall–Kier alpha value is -4.33. The molecule has 1 saturated heterocycles. The summed E-state index contributed by atoms with van der Waals surface area (Å²) in [7, 11) is 2.03. The minimum Gasteiger partial charge on any atom is -0.379 e. The maximum absolute atomic E-state index is 11.8. The van der Waals surface area contributed by atoms with Gasteiger partial charge in [0.25, 0.3) is 5.91 Å². The molecular weight excluding hydrogens is 456 g/mol. The smallest absolute Gasteiger partial charge is 0.268 e. The van der Waals surface area contributed by atoms with Crippen LogP contribution in [0.5, 0.6) is 0 Å². The lowest BCUT2D eigenvalue weighted by molar-refractivity contribution is 0.0392. The Bertz CT molecular complexity index is 1420. The average molecular weight is 483 g/mol. The Morgan fingerprint density at radius 1 is 1.11 bits per heavy atom. The molecule has 0 aliphatic carbocycles. The molecule has 0 unspecified atom stereocenters. The van der Waals surface area contributed by atoms with E-state index in [9.17, 15) is 4.79 Å². The van der Waals surface area contributed by atoms with Crippen molar-refractivity contribution in [1.82, 2.24) is 24.3 Å². The highest BCUT2D eigenvalue weighted by Gasteiger charge is 2.19. The second kappa shape index (κ2) is 10.1. The van der Waals surface area contributed by atoms with Crippen LogP contribution < -0.4 is 10.6 Å². The number of pyridine rings is 1. The van der Waals surface area contributed by atoms with Crippen LogP contribution in [0.15, 0.2) is 55.0 Å². The van der Waals surface area contributed by atoms with Gasteiger partial charge >= 0.3 is 0 Å². The van der Waals surface area contributed by atoms with Gasteiger partial charge < -0.3 is 15.4 Å². The number of ether oxygens (including phenoxy) is 1. The number of benzene rings is 1. The van der Waals surface area contributed by atoms with Gasteiger partial charge in [-0.1, -0.05) is 12.1 Å². The molecule has 3 aromatic heterocycles. The van der Waals surface area contributed by atoms with Crippen LogP contribution in [0, 0.1) is 11.3 Å². The third kappa shape index (κ3) is 4.75. The summed E-state index contributed by atoms with van der Waals surface area (Å²) in [5, 5.41) is 9.17. The van der Waals surface area contributed by atoms with Crippen LogP contribution in [-0.4, -0.2) is 76.6 Å². The number of carbonyl (C=O) groups excluding carboxylic acids is 1. The fraction of sp³-hybridized carbons (Fsp3) is 0.269. The molecule has 0 bridgehead atoms. The molecular formula is C26H26N8O2. The van der Waals surface area contributed by atoms with Crippen molar-refractivity contribution in [3.63, 3.8) is 0 Å². The Kier molecular flexibility index (Phi) is 6.58. The molecule has 1 aliphatic rings. The van der Waals surface area contributed by atoms with Crippen LogP contribution in [0.2, 0.25) is 0 Å². The van der Waals surface area contributed by atoms with Crippen molar-refractivity contribution in [3.8, 4) is 28.6 Å². The van der Waals surface area contributed by atoms with E-state index in [1.165, 1.54) is 6.20 Å². The number of anilines is 1. The molecule has 0 radical (unpaired) electrons. The number of rotatable bonds is 7. The number of amides is 1. The number of aromatic nitrogens is 4. The number of imidazole rings is 1. The van der Waals surface area contributed by atoms with Crippen molar-refractivity contribution in [3.05, 3.63) is 66.2 Å². The third-order valence-electron chi connectivity index (χ3n) is 6.32. The maximum Gasteiger partial charge on any atom is 0.268 e. The average Bonchev–Trinajstić information content (AvgIpc) is 3.31. The molecule has 1 aliphatic heterocycles. The number of nitrogens with two attached hydrogens (primary N) is 1. The summed E-state index contributed by atoms with van der Waals surface area (Å²) in [4.78, 5) is 29.9. The number of carbonyl (C=O) groups is 1. The molecule has 10 heteroatoms. The van der Waals surface area contributed by atoms with Gasteiger partial charge in [-0.2, -0.15) is 5.26 Å². The fourth-order valence-corrected chi connectivity index (χ4v) is 4.24. The van der Waals surface area contributed by atoms with E-state index < -0.39 is 5.91 Å². The zero-order chi connectivity index (χ0) is 25.1. The maximum atomic E-state index is 11.8. The summed E-state index contributed by atoms with van der Waals surface area (Å²) >= 11 is 0. The first-order chi connectivity index (χ1) is 17.5. The van der Waals surface area contributed by atoms with Crippen LogP contribution in [0.3, 0.4) is 0 Å². The van der Waals surface area contributed by atoms with Crippen LogP contribution in [0.4, 0.5) is 5.82 Å². The highest BCUT2D eigenvalue weighted by atomic mass is 16.5. The van der Waals surface area contributed by atoms with Crippen LogP contribution in [0.25, 0.3) is 28.2 Å². The van der Waals surface area contributed by atoms with Crippen molar-refractivity contribution < 1.29 is 9.53 Å². The zero-order valence-electron chi connectivity index (χ0n) is 20.0. The Labute approximate surface area is 208 Å². The van der Waals surface area contributed by atoms with Gasteiger partial charge in [0.2, 0.25) is 0 Å². The fourth-order valence-electron chi connectivity index (χ4n) is 4.24. The second-order valence-electron chi connectivity index (χ2n) is 8.64. The Morgan fingerprint density at radius 2 is 1.86 bits per heavy atom. The van der Waals surface area contributed by atoms with Gasteiger partial charge in [0.1, 0.15) is 11.5 Å². The summed E-state index contributed by atoms with van der Waals surface area (Å²) in [5.41, 5.74) is 9.87. The van der Waals surface area contributed by atoms with E-state index in [0.29, 0.717) is 16.9 Å². The number of hydrogen-bond donors (Lipinski definition) is 1. The number of hydrogen-bond acceptors (Lipinski definition) is 8. The molecule has 4 heterocycles. The number of fused-ring (bicyclic) bond motifs is 1. The first-order valence-corrected chi connectivity index (χ1v) is 11.7. The Morgan fingerprint density at radius 3 is 2.53 bits per heavy atom. The van der Waals surface area contributed by atoms with Gasteiger partial charge in [-0.3, -0.25) is 14.1 Å². The zero-order valence-corrected chi connectivity index (χ0v) is 20.0. The quantitative estimate of drug-likeness (QED) is 0.425. The summed E-state index contributed by atoms with van der Waals surface area (Å²) < 4.78 is 7.23. The number of nitrogens with zero attached hydrogens (tertiary/aromatic N) is 7. The lowest BCUT2D eigenvalue weighted by Crippen LogP contribution is -2.40. The molecule has 182 valence electrons. The molecule has 2 N–H and O–H groups in total. The van der Waals surface area contributed by atoms with E-state index in [1.54, 1.807) is 22.7 Å². The number of likely N-dealkylation sites (N-methyl/N-ethyl adjacent to an activating group) is 1. The van der Waals surface area contributed by atoms with Gasteiger partial charge in [-0.05, 0) is 24.3 Å². The van der Waals surface area contributed by atoms with Crippen LogP contribution in [0.1, 0.15) is 16.1 Å². The number of morpholine rings is 1. The van der Waals surface area contributed by atoms with E-state index in [-0.39, 0.29) is 5.69 Å². The predicted octanol–water partition coefficient (Wildman–Crippen LogP) is 2.20. The van der Waals surface area contributed by atoms with Crippen molar-refractivity contribution in [2.45, 2.75) is 0 Å². The normalized spacial score (nSPS) is 14.0. The van der Waals surface area contributed by atoms with Crippen LogP contribution in [-0.2, 0) is 4.74 Å². The molecule has 0 saturated carbocycles. The van der Waals surface area contributed by atoms with E-state index in [4.69, 9.17) is 25.7 Å². The monoisotopic (exact) mass is 482 g/mol. The number of primary amides is 1. The second-order valence-corrected chi connectivity index (χ2v) is 8.64. The van der Waals surface area contributed by atoms with Gasteiger partial charge in [-0.15, -0.1) is 0 Å². The van der Waals surface area contributed by atoms with Gasteiger partial charge in [0.15, 0.2) is 5.65 Å². The molecule has 4 aromatic rings. The summed E-state index contributed by atoms with van der Waals surface area (Å²) in [5.74, 6) is 0.243. The van der Waals surface area contributed by atoms with E-state index in [2.05, 4.69) is 20.9 Å². The van der Waals surface area contributed by atoms with Crippen molar-refractivity contribution in [2.24, 2.45) is 5.73 Å². The minimum absolute atomic E-state index is 0.139. The first kappa shape index (κ1) is 23.4. The van der Waals surface area contributed by atoms with E-state index in [0.717, 1.165) is 62.0 Å². The lowest BCUT2D eigenvalue weighted by atomic mass is 10.0. The van der Waals surface area contributed by atoms with Gasteiger partial charge in [-0.25, -0.2) is 15.0 Å². The number of nitriles is 1. The Balaban J connectivity index is 1.49. The molecule has 1 fully saturated rings. The molecule has 1 aromatic carbocycles. The molecule has 10 nitrogen and oxygen atoms in total. The van der Waals surface area contributed by atoms with Gasteiger partial charge in [0.05, 0.1) is 42.4 Å². The molecule has 36 heavy (non-hydrogen) atoms. The highest BCUT2D eigenvalue weighted by molar-refractivity contribution is 5.91. The predicted molar refractivity (Wildman–Crippen MR) is 135 cm³/mol. The largest absolute Gasteiger partial charge is 0.379 e. The van der Waals surface area contributed by atoms with Gasteiger partial charge in [0, 0.05) is 56.7 Å². The highest BCUT2D eigenvalue weighted by Crippen LogP contribution is 2.33. The standard InChI is InChI=1S/C26H26N8O2/c1-32(8-9-33-10-12-36-13-11-33)22-7-6-20(15-30-22)25-24(19-4-2-18(14-27)3-5-19)31-23-16-29-21(26(28)35)17-34(23)25/h2-7,15-17H,8-13H2,1H3,(H2,28,35). The topological polar surface area (TPSA) is 126 Å². The molecule has 1 amide bonds. The van der Waals surface area contributed by atoms with Crippen molar-refractivity contribution >= 4 is 17.4 Å². The molecule has 5 rings (SSSR count). The van der Waals surface area contributed by atoms with Crippen LogP contribution >= 0.6 is 0 Å². The molecule has 0 atom stereocenters. The lowest BCUT2D eigenvalue weighted by Gasteiger charge is -2.29. The summed E-state index contributed by atoms with van der Waals surface area (Å²) in [6.07, 6.45) is 4.93. The summed E-state index contributed by atoms with van der Waals surface area (Å²) in [6.45, 7) is 5.27. The summed E-state index contributed by atoms with van der Waals surface area (Å²) in [6, 6.07) is 13.3. The van der Waals surface area contributed by atoms with Crippen molar-refractivity contribution in [2.75, 3.05) is 51.3 Å².